The Hall–Kier alpha value is -2.37. The van der Waals surface area contributed by atoms with Gasteiger partial charge in [0.1, 0.15) is 0 Å². The molecule has 6 nitrogen and oxygen atoms in total. The van der Waals surface area contributed by atoms with Gasteiger partial charge in [-0.05, 0) is 29.3 Å². The van der Waals surface area contributed by atoms with Gasteiger partial charge in [0, 0.05) is 12.4 Å². The zero-order valence-corrected chi connectivity index (χ0v) is 8.78. The molecule has 1 amide bonds. The van der Waals surface area contributed by atoms with Crippen LogP contribution < -0.4 is 0 Å². The fraction of sp³-hybridized carbons (Fsp3) is 0.182. The molecule has 1 aromatic heterocycles. The van der Waals surface area contributed by atoms with Crippen LogP contribution in [0.4, 0.5) is 4.79 Å². The maximum atomic E-state index is 10.9. The first-order valence-electron chi connectivity index (χ1n) is 4.93. The van der Waals surface area contributed by atoms with E-state index in [4.69, 9.17) is 10.2 Å². The van der Waals surface area contributed by atoms with Crippen molar-refractivity contribution in [3.8, 4) is 0 Å². The fourth-order valence-corrected chi connectivity index (χ4v) is 1.76. The number of hydrogen-bond acceptors (Lipinski definition) is 3. The Morgan fingerprint density at radius 3 is 2.41 bits per heavy atom. The molecule has 1 aromatic rings. The van der Waals surface area contributed by atoms with Gasteiger partial charge in [0.25, 0.3) is 0 Å². The van der Waals surface area contributed by atoms with Gasteiger partial charge in [0.15, 0.2) is 6.04 Å². The minimum Gasteiger partial charge on any atom is -0.479 e. The molecule has 2 N–H and O–H groups in total. The lowest BCUT2D eigenvalue weighted by Gasteiger charge is -2.17. The Balaban J connectivity index is 2.31. The van der Waals surface area contributed by atoms with Crippen molar-refractivity contribution < 1.29 is 19.8 Å². The van der Waals surface area contributed by atoms with Crippen molar-refractivity contribution in [1.29, 1.82) is 0 Å². The molecule has 0 fully saturated rings. The van der Waals surface area contributed by atoms with Crippen molar-refractivity contribution in [1.82, 2.24) is 9.88 Å². The van der Waals surface area contributed by atoms with Crippen LogP contribution in [0.15, 0.2) is 30.6 Å². The van der Waals surface area contributed by atoms with Gasteiger partial charge in [-0.1, -0.05) is 0 Å². The molecule has 0 spiro atoms. The van der Waals surface area contributed by atoms with Gasteiger partial charge in [0.2, 0.25) is 0 Å². The van der Waals surface area contributed by atoms with E-state index in [0.29, 0.717) is 5.57 Å². The van der Waals surface area contributed by atoms with E-state index < -0.39 is 18.1 Å². The summed E-state index contributed by atoms with van der Waals surface area (Å²) in [5.74, 6) is -1.17. The summed E-state index contributed by atoms with van der Waals surface area (Å²) in [4.78, 5) is 26.6. The molecule has 0 unspecified atom stereocenters. The Kier molecular flexibility index (Phi) is 2.78. The predicted molar refractivity (Wildman–Crippen MR) is 58.4 cm³/mol. The molecule has 17 heavy (non-hydrogen) atoms. The fourth-order valence-electron chi connectivity index (χ4n) is 1.76. The number of carboxylic acids is 1. The molecule has 1 atom stereocenters. The third-order valence-electron chi connectivity index (χ3n) is 2.59. The molecule has 2 rings (SSSR count). The molecule has 0 saturated heterocycles. The highest BCUT2D eigenvalue weighted by atomic mass is 16.4. The third kappa shape index (κ3) is 2.10. The van der Waals surface area contributed by atoms with E-state index in [1.165, 1.54) is 6.08 Å². The number of carbonyl (C=O) groups is 2. The van der Waals surface area contributed by atoms with Crippen LogP contribution in [0, 0.1) is 0 Å². The molecule has 0 radical (unpaired) electrons. The van der Waals surface area contributed by atoms with Gasteiger partial charge in [-0.3, -0.25) is 9.88 Å². The summed E-state index contributed by atoms with van der Waals surface area (Å²) in [6.07, 6.45) is 3.37. The largest absolute Gasteiger partial charge is 0.479 e. The average molecular weight is 234 g/mol. The highest BCUT2D eigenvalue weighted by molar-refractivity contribution is 5.88. The quantitative estimate of drug-likeness (QED) is 0.793. The summed E-state index contributed by atoms with van der Waals surface area (Å²) in [5.41, 5.74) is 1.47. The molecular weight excluding hydrogens is 224 g/mol. The summed E-state index contributed by atoms with van der Waals surface area (Å²) in [6, 6.07) is 2.32. The molecule has 1 aliphatic heterocycles. The van der Waals surface area contributed by atoms with E-state index in [0.717, 1.165) is 10.5 Å². The van der Waals surface area contributed by atoms with Crippen LogP contribution in [-0.4, -0.2) is 44.7 Å². The Bertz CT molecular complexity index is 484. The Morgan fingerprint density at radius 2 is 1.94 bits per heavy atom. The predicted octanol–water partition coefficient (Wildman–Crippen LogP) is 0.912. The van der Waals surface area contributed by atoms with Crippen molar-refractivity contribution in [2.75, 3.05) is 6.54 Å². The lowest BCUT2D eigenvalue weighted by atomic mass is 10.1. The van der Waals surface area contributed by atoms with Crippen LogP contribution in [-0.2, 0) is 4.79 Å². The van der Waals surface area contributed by atoms with E-state index in [1.807, 2.05) is 0 Å². The summed E-state index contributed by atoms with van der Waals surface area (Å²) >= 11 is 0. The molecule has 2 heterocycles. The first-order chi connectivity index (χ1) is 8.09. The molecule has 88 valence electrons. The number of aromatic nitrogens is 1. The summed E-state index contributed by atoms with van der Waals surface area (Å²) in [6.45, 7) is 0.0797. The SMILES string of the molecule is O=C(O)[C@@H]1C=C(c2ccncc2)CN1C(=O)O. The van der Waals surface area contributed by atoms with E-state index in [2.05, 4.69) is 4.98 Å². The number of aliphatic carboxylic acids is 1. The molecule has 0 aromatic carbocycles. The minimum atomic E-state index is -1.24. The number of rotatable bonds is 2. The summed E-state index contributed by atoms with van der Waals surface area (Å²) < 4.78 is 0. The van der Waals surface area contributed by atoms with E-state index in [9.17, 15) is 9.59 Å². The highest BCUT2D eigenvalue weighted by Crippen LogP contribution is 2.24. The van der Waals surface area contributed by atoms with Crippen LogP contribution in [0.5, 0.6) is 0 Å². The molecule has 0 saturated carbocycles. The van der Waals surface area contributed by atoms with Crippen molar-refractivity contribution in [3.63, 3.8) is 0 Å². The Morgan fingerprint density at radius 1 is 1.29 bits per heavy atom. The van der Waals surface area contributed by atoms with Gasteiger partial charge < -0.3 is 10.2 Å². The second-order valence-corrected chi connectivity index (χ2v) is 3.62. The second kappa shape index (κ2) is 4.25. The van der Waals surface area contributed by atoms with Gasteiger partial charge in [-0.25, -0.2) is 9.59 Å². The summed E-state index contributed by atoms with van der Waals surface area (Å²) in [7, 11) is 0. The number of amides is 1. The van der Waals surface area contributed by atoms with Crippen LogP contribution in [0.1, 0.15) is 5.56 Å². The van der Waals surface area contributed by atoms with Gasteiger partial charge >= 0.3 is 12.1 Å². The van der Waals surface area contributed by atoms with Gasteiger partial charge in [0.05, 0.1) is 6.54 Å². The molecule has 0 bridgehead atoms. The third-order valence-corrected chi connectivity index (χ3v) is 2.59. The minimum absolute atomic E-state index is 0.0797. The van der Waals surface area contributed by atoms with Crippen LogP contribution >= 0.6 is 0 Å². The van der Waals surface area contributed by atoms with Crippen molar-refractivity contribution in [2.45, 2.75) is 6.04 Å². The van der Waals surface area contributed by atoms with Crippen molar-refractivity contribution >= 4 is 17.6 Å². The zero-order valence-electron chi connectivity index (χ0n) is 8.78. The monoisotopic (exact) mass is 234 g/mol. The second-order valence-electron chi connectivity index (χ2n) is 3.62. The van der Waals surface area contributed by atoms with Crippen molar-refractivity contribution in [3.05, 3.63) is 36.2 Å². The zero-order chi connectivity index (χ0) is 12.4. The van der Waals surface area contributed by atoms with Crippen LogP contribution in [0.3, 0.4) is 0 Å². The van der Waals surface area contributed by atoms with Crippen molar-refractivity contribution in [2.24, 2.45) is 0 Å². The van der Waals surface area contributed by atoms with Crippen LogP contribution in [0.2, 0.25) is 0 Å². The highest BCUT2D eigenvalue weighted by Gasteiger charge is 2.34. The first-order valence-corrected chi connectivity index (χ1v) is 4.93. The maximum Gasteiger partial charge on any atom is 0.408 e. The van der Waals surface area contributed by atoms with Gasteiger partial charge in [-0.2, -0.15) is 0 Å². The normalized spacial score (nSPS) is 18.9. The van der Waals surface area contributed by atoms with Crippen LogP contribution in [0.25, 0.3) is 5.57 Å². The first kappa shape index (κ1) is 11.1. The molecule has 1 aliphatic rings. The number of carboxylic acid groups (broad SMARTS) is 2. The lowest BCUT2D eigenvalue weighted by molar-refractivity contribution is -0.140. The van der Waals surface area contributed by atoms with E-state index in [-0.39, 0.29) is 6.54 Å². The Labute approximate surface area is 96.8 Å². The lowest BCUT2D eigenvalue weighted by Crippen LogP contribution is -2.40. The number of pyridine rings is 1. The van der Waals surface area contributed by atoms with E-state index in [1.54, 1.807) is 24.5 Å². The average Bonchev–Trinajstić information content (AvgIpc) is 2.75. The smallest absolute Gasteiger partial charge is 0.408 e. The van der Waals surface area contributed by atoms with Gasteiger partial charge in [-0.15, -0.1) is 0 Å². The molecule has 6 heteroatoms. The standard InChI is InChI=1S/C11H10N2O4/c14-10(15)9-5-8(6-13(9)11(16)17)7-1-3-12-4-2-7/h1-5,9H,6H2,(H,14,15)(H,16,17)/t9-/m0/s1. The maximum absolute atomic E-state index is 10.9. The topological polar surface area (TPSA) is 90.7 Å². The molecule has 0 aliphatic carbocycles. The summed E-state index contributed by atoms with van der Waals surface area (Å²) in [5, 5.41) is 17.8. The number of nitrogens with zero attached hydrogens (tertiary/aromatic N) is 2. The number of hydrogen-bond donors (Lipinski definition) is 2. The molecular formula is C11H10N2O4. The van der Waals surface area contributed by atoms with E-state index >= 15 is 0 Å².